The van der Waals surface area contributed by atoms with Crippen molar-refractivity contribution in [2.45, 2.75) is 52.0 Å². The van der Waals surface area contributed by atoms with Crippen molar-refractivity contribution in [3.63, 3.8) is 0 Å². The van der Waals surface area contributed by atoms with Crippen LogP contribution in [0.2, 0.25) is 0 Å². The van der Waals surface area contributed by atoms with Crippen molar-refractivity contribution in [2.24, 2.45) is 0 Å². The van der Waals surface area contributed by atoms with E-state index in [0.717, 1.165) is 30.2 Å². The number of hydrogen-bond donors (Lipinski definition) is 0. The molecule has 0 saturated carbocycles. The van der Waals surface area contributed by atoms with Crippen molar-refractivity contribution in [1.29, 1.82) is 0 Å². The molecular formula is C16H23N3O3. The SMILES string of the molecule is CC(C)c1nc2c(o1)CCN(C(=O)CN1CCCCC1=O)C2. The average molecular weight is 305 g/mol. The number of aromatic nitrogens is 1. The third-order valence-corrected chi connectivity index (χ3v) is 4.34. The number of carbonyl (C=O) groups excluding carboxylic acids is 2. The zero-order valence-electron chi connectivity index (χ0n) is 13.3. The van der Waals surface area contributed by atoms with Gasteiger partial charge >= 0.3 is 0 Å². The van der Waals surface area contributed by atoms with Gasteiger partial charge in [-0.05, 0) is 12.8 Å². The molecule has 2 amide bonds. The lowest BCUT2D eigenvalue weighted by molar-refractivity contribution is -0.142. The molecule has 0 radical (unpaired) electrons. The van der Waals surface area contributed by atoms with Gasteiger partial charge in [0.2, 0.25) is 11.8 Å². The number of carbonyl (C=O) groups is 2. The molecule has 0 spiro atoms. The van der Waals surface area contributed by atoms with Gasteiger partial charge in [-0.25, -0.2) is 4.98 Å². The van der Waals surface area contributed by atoms with Gasteiger partial charge in [-0.3, -0.25) is 9.59 Å². The van der Waals surface area contributed by atoms with Gasteiger partial charge in [0.25, 0.3) is 0 Å². The quantitative estimate of drug-likeness (QED) is 0.852. The zero-order chi connectivity index (χ0) is 15.7. The maximum absolute atomic E-state index is 12.4. The van der Waals surface area contributed by atoms with E-state index in [2.05, 4.69) is 4.98 Å². The number of rotatable bonds is 3. The Morgan fingerprint density at radius 1 is 1.27 bits per heavy atom. The molecule has 120 valence electrons. The molecule has 0 N–H and O–H groups in total. The van der Waals surface area contributed by atoms with Gasteiger partial charge in [0.15, 0.2) is 5.89 Å². The Bertz CT molecular complexity index is 579. The van der Waals surface area contributed by atoms with Gasteiger partial charge in [0, 0.05) is 31.8 Å². The fourth-order valence-corrected chi connectivity index (χ4v) is 2.97. The second-order valence-electron chi connectivity index (χ2n) is 6.41. The summed E-state index contributed by atoms with van der Waals surface area (Å²) in [6.07, 6.45) is 3.20. The van der Waals surface area contributed by atoms with Crippen molar-refractivity contribution in [3.8, 4) is 0 Å². The lowest BCUT2D eigenvalue weighted by Gasteiger charge is -2.30. The molecule has 0 unspecified atom stereocenters. The largest absolute Gasteiger partial charge is 0.445 e. The highest BCUT2D eigenvalue weighted by molar-refractivity contribution is 5.85. The van der Waals surface area contributed by atoms with E-state index in [1.165, 1.54) is 0 Å². The van der Waals surface area contributed by atoms with E-state index in [-0.39, 0.29) is 24.3 Å². The Morgan fingerprint density at radius 2 is 2.09 bits per heavy atom. The van der Waals surface area contributed by atoms with E-state index in [0.29, 0.717) is 32.5 Å². The molecule has 1 aromatic heterocycles. The molecule has 3 heterocycles. The maximum Gasteiger partial charge on any atom is 0.242 e. The topological polar surface area (TPSA) is 66.7 Å². The van der Waals surface area contributed by atoms with E-state index in [1.54, 1.807) is 9.80 Å². The van der Waals surface area contributed by atoms with Crippen LogP contribution in [0.5, 0.6) is 0 Å². The molecule has 0 bridgehead atoms. The van der Waals surface area contributed by atoms with Gasteiger partial charge < -0.3 is 14.2 Å². The predicted molar refractivity (Wildman–Crippen MR) is 80.1 cm³/mol. The minimum Gasteiger partial charge on any atom is -0.445 e. The third-order valence-electron chi connectivity index (χ3n) is 4.34. The molecule has 0 atom stereocenters. The summed E-state index contributed by atoms with van der Waals surface area (Å²) in [5, 5.41) is 0. The summed E-state index contributed by atoms with van der Waals surface area (Å²) in [6, 6.07) is 0. The first kappa shape index (κ1) is 15.1. The van der Waals surface area contributed by atoms with E-state index < -0.39 is 0 Å². The lowest BCUT2D eigenvalue weighted by Crippen LogP contribution is -2.46. The van der Waals surface area contributed by atoms with Gasteiger partial charge in [-0.2, -0.15) is 0 Å². The van der Waals surface area contributed by atoms with E-state index in [1.807, 2.05) is 13.8 Å². The first-order valence-corrected chi connectivity index (χ1v) is 8.08. The third kappa shape index (κ3) is 3.00. The summed E-state index contributed by atoms with van der Waals surface area (Å²) in [6.45, 7) is 6.12. The van der Waals surface area contributed by atoms with Gasteiger partial charge in [0.05, 0.1) is 13.1 Å². The van der Waals surface area contributed by atoms with Crippen molar-refractivity contribution in [1.82, 2.24) is 14.8 Å². The number of piperidine rings is 1. The molecule has 22 heavy (non-hydrogen) atoms. The van der Waals surface area contributed by atoms with E-state index in [4.69, 9.17) is 4.42 Å². The number of fused-ring (bicyclic) bond motifs is 1. The van der Waals surface area contributed by atoms with Crippen molar-refractivity contribution in [2.75, 3.05) is 19.6 Å². The predicted octanol–water partition coefficient (Wildman–Crippen LogP) is 1.70. The molecule has 1 aromatic rings. The first-order chi connectivity index (χ1) is 10.5. The summed E-state index contributed by atoms with van der Waals surface area (Å²) < 4.78 is 5.75. The highest BCUT2D eigenvalue weighted by Crippen LogP contribution is 2.24. The molecule has 3 rings (SSSR count). The van der Waals surface area contributed by atoms with Crippen LogP contribution in [-0.4, -0.2) is 46.2 Å². The monoisotopic (exact) mass is 305 g/mol. The fourth-order valence-electron chi connectivity index (χ4n) is 2.97. The molecule has 0 aromatic carbocycles. The van der Waals surface area contributed by atoms with Crippen LogP contribution < -0.4 is 0 Å². The van der Waals surface area contributed by atoms with Crippen molar-refractivity contribution in [3.05, 3.63) is 17.3 Å². The number of likely N-dealkylation sites (tertiary alicyclic amines) is 1. The minimum absolute atomic E-state index is 0.00926. The van der Waals surface area contributed by atoms with Crippen LogP contribution in [0, 0.1) is 0 Å². The van der Waals surface area contributed by atoms with Crippen LogP contribution in [0.4, 0.5) is 0 Å². The van der Waals surface area contributed by atoms with Crippen molar-refractivity contribution < 1.29 is 14.0 Å². The minimum atomic E-state index is 0.00926. The van der Waals surface area contributed by atoms with E-state index >= 15 is 0 Å². The van der Waals surface area contributed by atoms with Gasteiger partial charge in [-0.1, -0.05) is 13.8 Å². The molecule has 2 aliphatic rings. The second-order valence-corrected chi connectivity index (χ2v) is 6.41. The Labute approximate surface area is 130 Å². The highest BCUT2D eigenvalue weighted by atomic mass is 16.4. The molecule has 6 heteroatoms. The summed E-state index contributed by atoms with van der Waals surface area (Å²) in [4.78, 5) is 32.2. The zero-order valence-corrected chi connectivity index (χ0v) is 13.3. The highest BCUT2D eigenvalue weighted by Gasteiger charge is 2.28. The Balaban J connectivity index is 1.63. The Kier molecular flexibility index (Phi) is 4.18. The Hall–Kier alpha value is -1.85. The Morgan fingerprint density at radius 3 is 2.82 bits per heavy atom. The molecule has 0 aliphatic carbocycles. The van der Waals surface area contributed by atoms with Crippen LogP contribution in [0.15, 0.2) is 4.42 Å². The van der Waals surface area contributed by atoms with E-state index in [9.17, 15) is 9.59 Å². The number of amides is 2. The number of nitrogens with zero attached hydrogens (tertiary/aromatic N) is 3. The second kappa shape index (κ2) is 6.10. The summed E-state index contributed by atoms with van der Waals surface area (Å²) in [5.74, 6) is 2.00. The van der Waals surface area contributed by atoms with Crippen LogP contribution >= 0.6 is 0 Å². The maximum atomic E-state index is 12.4. The molecule has 1 saturated heterocycles. The standard InChI is InChI=1S/C16H23N3O3/c1-11(2)16-17-12-9-19(8-6-13(12)22-16)15(21)10-18-7-4-3-5-14(18)20/h11H,3-10H2,1-2H3. The lowest BCUT2D eigenvalue weighted by atomic mass is 10.1. The fraction of sp³-hybridized carbons (Fsp3) is 0.688. The number of oxazole rings is 1. The van der Waals surface area contributed by atoms with Crippen LogP contribution in [-0.2, 0) is 22.6 Å². The van der Waals surface area contributed by atoms with Crippen LogP contribution in [0.3, 0.4) is 0 Å². The normalized spacial score (nSPS) is 18.8. The average Bonchev–Trinajstić information content (AvgIpc) is 2.93. The molecule has 6 nitrogen and oxygen atoms in total. The van der Waals surface area contributed by atoms with Gasteiger partial charge in [0.1, 0.15) is 11.5 Å². The number of hydrogen-bond acceptors (Lipinski definition) is 4. The van der Waals surface area contributed by atoms with Crippen LogP contribution in [0.1, 0.15) is 56.4 Å². The molecule has 1 fully saturated rings. The molecule has 2 aliphatic heterocycles. The van der Waals surface area contributed by atoms with Crippen LogP contribution in [0.25, 0.3) is 0 Å². The van der Waals surface area contributed by atoms with Crippen molar-refractivity contribution >= 4 is 11.8 Å². The first-order valence-electron chi connectivity index (χ1n) is 8.08. The molecular weight excluding hydrogens is 282 g/mol. The summed E-state index contributed by atoms with van der Waals surface area (Å²) >= 11 is 0. The van der Waals surface area contributed by atoms with Gasteiger partial charge in [-0.15, -0.1) is 0 Å². The summed E-state index contributed by atoms with van der Waals surface area (Å²) in [7, 11) is 0. The smallest absolute Gasteiger partial charge is 0.242 e. The summed E-state index contributed by atoms with van der Waals surface area (Å²) in [5.41, 5.74) is 0.869.